The highest BCUT2D eigenvalue weighted by Gasteiger charge is 2.03. The molecule has 1 rings (SSSR count). The van der Waals surface area contributed by atoms with Gasteiger partial charge < -0.3 is 16.8 Å². The Kier molecular flexibility index (Phi) is 2.81. The van der Waals surface area contributed by atoms with Gasteiger partial charge in [0.2, 0.25) is 5.91 Å². The quantitative estimate of drug-likeness (QED) is 0.591. The van der Waals surface area contributed by atoms with Gasteiger partial charge in [0.1, 0.15) is 5.82 Å². The van der Waals surface area contributed by atoms with E-state index in [1.165, 1.54) is 0 Å². The average molecular weight is 180 g/mol. The number of carbonyl (C=O) groups excluding carboxylic acids is 1. The fourth-order valence-electron chi connectivity index (χ4n) is 0.884. The Morgan fingerprint density at radius 2 is 2.31 bits per heavy atom. The first-order valence-electron chi connectivity index (χ1n) is 3.86. The smallest absolute Gasteiger partial charge is 0.238 e. The van der Waals surface area contributed by atoms with Crippen molar-refractivity contribution in [3.05, 3.63) is 17.8 Å². The predicted molar refractivity (Wildman–Crippen MR) is 51.1 cm³/mol. The Bertz CT molecular complexity index is 324. The van der Waals surface area contributed by atoms with Gasteiger partial charge in [0.05, 0.1) is 12.2 Å². The number of nitrogen functional groups attached to an aromatic ring is 1. The third kappa shape index (κ3) is 2.41. The monoisotopic (exact) mass is 180 g/mol. The lowest BCUT2D eigenvalue weighted by Crippen LogP contribution is -2.22. The number of nitrogens with zero attached hydrogens (tertiary/aromatic N) is 1. The summed E-state index contributed by atoms with van der Waals surface area (Å²) >= 11 is 0. The number of nitrogens with two attached hydrogens (primary N) is 2. The van der Waals surface area contributed by atoms with Crippen molar-refractivity contribution in [3.63, 3.8) is 0 Å². The second-order valence-electron chi connectivity index (χ2n) is 2.64. The van der Waals surface area contributed by atoms with Crippen LogP contribution >= 0.6 is 0 Å². The maximum Gasteiger partial charge on any atom is 0.238 e. The van der Waals surface area contributed by atoms with E-state index in [9.17, 15) is 4.79 Å². The molecule has 1 aromatic rings. The van der Waals surface area contributed by atoms with E-state index >= 15 is 0 Å². The molecule has 1 amide bonds. The zero-order valence-corrected chi connectivity index (χ0v) is 7.37. The second-order valence-corrected chi connectivity index (χ2v) is 2.64. The highest BCUT2D eigenvalue weighted by molar-refractivity contribution is 5.94. The molecule has 5 heteroatoms. The Morgan fingerprint density at radius 3 is 2.85 bits per heavy atom. The summed E-state index contributed by atoms with van der Waals surface area (Å²) in [7, 11) is 0. The molecule has 0 aliphatic carbocycles. The summed E-state index contributed by atoms with van der Waals surface area (Å²) < 4.78 is 0. The van der Waals surface area contributed by atoms with Gasteiger partial charge in [-0.05, 0) is 19.1 Å². The van der Waals surface area contributed by atoms with Crippen LogP contribution in [-0.4, -0.2) is 17.4 Å². The molecule has 0 atom stereocenters. The number of hydrogen-bond donors (Lipinski definition) is 3. The first kappa shape index (κ1) is 9.47. The van der Waals surface area contributed by atoms with Gasteiger partial charge >= 0.3 is 0 Å². The van der Waals surface area contributed by atoms with Crippen LogP contribution in [0.25, 0.3) is 0 Å². The fraction of sp³-hybridized carbons (Fsp3) is 0.250. The van der Waals surface area contributed by atoms with E-state index in [2.05, 4.69) is 10.3 Å². The second kappa shape index (κ2) is 3.86. The largest absolute Gasteiger partial charge is 0.382 e. The molecule has 0 aliphatic rings. The van der Waals surface area contributed by atoms with Crippen molar-refractivity contribution in [2.45, 2.75) is 6.92 Å². The van der Waals surface area contributed by atoms with E-state index < -0.39 is 0 Å². The summed E-state index contributed by atoms with van der Waals surface area (Å²) in [6.45, 7) is 1.76. The van der Waals surface area contributed by atoms with Crippen molar-refractivity contribution < 1.29 is 4.79 Å². The highest BCUT2D eigenvalue weighted by Crippen LogP contribution is 2.14. The van der Waals surface area contributed by atoms with Crippen LogP contribution in [0.3, 0.4) is 0 Å². The van der Waals surface area contributed by atoms with E-state index in [0.29, 0.717) is 11.5 Å². The summed E-state index contributed by atoms with van der Waals surface area (Å²) in [4.78, 5) is 14.9. The normalized spacial score (nSPS) is 9.69. The summed E-state index contributed by atoms with van der Waals surface area (Å²) in [6, 6.07) is 3.47. The number of aryl methyl sites for hydroxylation is 1. The molecule has 13 heavy (non-hydrogen) atoms. The van der Waals surface area contributed by atoms with Crippen molar-refractivity contribution in [1.82, 2.24) is 4.98 Å². The molecule has 1 aromatic heterocycles. The molecule has 5 nitrogen and oxygen atoms in total. The molecular formula is C8H12N4O. The maximum atomic E-state index is 10.9. The summed E-state index contributed by atoms with van der Waals surface area (Å²) in [5.41, 5.74) is 12.0. The van der Waals surface area contributed by atoms with Gasteiger partial charge in [0.15, 0.2) is 0 Å². The van der Waals surface area contributed by atoms with E-state index in [0.717, 1.165) is 5.69 Å². The topological polar surface area (TPSA) is 94.0 Å². The Balaban J connectivity index is 2.83. The third-order valence-corrected chi connectivity index (χ3v) is 1.52. The molecule has 0 aromatic carbocycles. The van der Waals surface area contributed by atoms with Crippen LogP contribution in [0.1, 0.15) is 5.69 Å². The molecule has 70 valence electrons. The molecule has 0 saturated heterocycles. The van der Waals surface area contributed by atoms with E-state index in [1.807, 2.05) is 6.92 Å². The van der Waals surface area contributed by atoms with Gasteiger partial charge in [-0.15, -0.1) is 0 Å². The first-order valence-corrected chi connectivity index (χ1v) is 3.86. The molecule has 0 radical (unpaired) electrons. The zero-order valence-electron chi connectivity index (χ0n) is 7.37. The lowest BCUT2D eigenvalue weighted by Gasteiger charge is -2.06. The molecule has 0 fully saturated rings. The van der Waals surface area contributed by atoms with Crippen LogP contribution in [0.4, 0.5) is 11.5 Å². The van der Waals surface area contributed by atoms with Crippen LogP contribution in [0.15, 0.2) is 12.1 Å². The van der Waals surface area contributed by atoms with E-state index in [4.69, 9.17) is 11.5 Å². The van der Waals surface area contributed by atoms with Crippen molar-refractivity contribution in [2.75, 3.05) is 17.6 Å². The maximum absolute atomic E-state index is 10.9. The lowest BCUT2D eigenvalue weighted by atomic mass is 10.3. The predicted octanol–water partition coefficient (Wildman–Crippen LogP) is -0.131. The van der Waals surface area contributed by atoms with Gasteiger partial charge in [0, 0.05) is 5.69 Å². The molecule has 1 heterocycles. The number of nitrogens with one attached hydrogen (secondary N) is 1. The van der Waals surface area contributed by atoms with Gasteiger partial charge in [-0.3, -0.25) is 4.79 Å². The Hall–Kier alpha value is -1.62. The minimum absolute atomic E-state index is 0.0622. The standard InChI is InChI=1S/C8H12N4O/c1-5-2-3-6(8(10)11-5)12-7(13)4-9/h2-3H,4,9H2,1H3,(H2,10,11)(H,12,13). The molecule has 0 bridgehead atoms. The highest BCUT2D eigenvalue weighted by atomic mass is 16.1. The van der Waals surface area contributed by atoms with Crippen LogP contribution in [0, 0.1) is 6.92 Å². The van der Waals surface area contributed by atoms with Crippen LogP contribution in [0.5, 0.6) is 0 Å². The summed E-state index contributed by atoms with van der Waals surface area (Å²) in [5.74, 6) is 0.0270. The lowest BCUT2D eigenvalue weighted by molar-refractivity contribution is -0.114. The molecule has 0 unspecified atom stereocenters. The zero-order chi connectivity index (χ0) is 9.84. The molecule has 0 saturated carbocycles. The van der Waals surface area contributed by atoms with Crippen molar-refractivity contribution in [2.24, 2.45) is 5.73 Å². The molecule has 0 spiro atoms. The van der Waals surface area contributed by atoms with Gasteiger partial charge in [0.25, 0.3) is 0 Å². The average Bonchev–Trinajstić information content (AvgIpc) is 2.09. The molecule has 0 aliphatic heterocycles. The molecular weight excluding hydrogens is 168 g/mol. The van der Waals surface area contributed by atoms with Crippen molar-refractivity contribution in [3.8, 4) is 0 Å². The Labute approximate surface area is 76.1 Å². The van der Waals surface area contributed by atoms with Gasteiger partial charge in [-0.25, -0.2) is 4.98 Å². The van der Waals surface area contributed by atoms with Crippen LogP contribution < -0.4 is 16.8 Å². The third-order valence-electron chi connectivity index (χ3n) is 1.52. The summed E-state index contributed by atoms with van der Waals surface area (Å²) in [5, 5.41) is 2.54. The number of rotatable bonds is 2. The summed E-state index contributed by atoms with van der Waals surface area (Å²) in [6.07, 6.45) is 0. The fourth-order valence-corrected chi connectivity index (χ4v) is 0.884. The number of pyridine rings is 1. The van der Waals surface area contributed by atoms with E-state index in [1.54, 1.807) is 12.1 Å². The SMILES string of the molecule is Cc1ccc(NC(=O)CN)c(N)n1. The minimum atomic E-state index is -0.280. The van der Waals surface area contributed by atoms with Crippen LogP contribution in [0.2, 0.25) is 0 Å². The van der Waals surface area contributed by atoms with E-state index in [-0.39, 0.29) is 12.5 Å². The van der Waals surface area contributed by atoms with Gasteiger partial charge in [-0.2, -0.15) is 0 Å². The number of carbonyl (C=O) groups is 1. The first-order chi connectivity index (χ1) is 6.13. The number of anilines is 2. The van der Waals surface area contributed by atoms with Crippen LogP contribution in [-0.2, 0) is 4.79 Å². The van der Waals surface area contributed by atoms with Crippen molar-refractivity contribution >= 4 is 17.4 Å². The minimum Gasteiger partial charge on any atom is -0.382 e. The molecule has 5 N–H and O–H groups in total. The number of amides is 1. The number of aromatic nitrogens is 1. The van der Waals surface area contributed by atoms with Crippen molar-refractivity contribution in [1.29, 1.82) is 0 Å². The number of hydrogen-bond acceptors (Lipinski definition) is 4. The Morgan fingerprint density at radius 1 is 1.62 bits per heavy atom. The van der Waals surface area contributed by atoms with Gasteiger partial charge in [-0.1, -0.05) is 0 Å².